The summed E-state index contributed by atoms with van der Waals surface area (Å²) in [6.07, 6.45) is 0.993. The average molecular weight is 286 g/mol. The molecule has 0 fully saturated rings. The van der Waals surface area contributed by atoms with E-state index in [1.807, 2.05) is 19.1 Å². The first-order valence-electron chi connectivity index (χ1n) is 6.36. The molecule has 5 nitrogen and oxygen atoms in total. The summed E-state index contributed by atoms with van der Waals surface area (Å²) < 4.78 is 31.3. The number of benzene rings is 1. The van der Waals surface area contributed by atoms with Gasteiger partial charge >= 0.3 is 0 Å². The molecule has 0 aromatic heterocycles. The molecule has 0 heterocycles. The number of rotatable bonds is 9. The van der Waals surface area contributed by atoms with Crippen LogP contribution in [0.1, 0.15) is 18.9 Å². The fourth-order valence-corrected chi connectivity index (χ4v) is 2.63. The predicted octanol–water partition coefficient (Wildman–Crippen LogP) is 1.57. The van der Waals surface area contributed by atoms with Crippen LogP contribution >= 0.6 is 0 Å². The van der Waals surface area contributed by atoms with Gasteiger partial charge in [0, 0.05) is 19.3 Å². The molecular formula is C13H22N2O3S. The summed E-state index contributed by atoms with van der Waals surface area (Å²) in [5, 5.41) is 3.07. The van der Waals surface area contributed by atoms with Gasteiger partial charge in [0.1, 0.15) is 0 Å². The maximum absolute atomic E-state index is 11.8. The maximum atomic E-state index is 11.8. The van der Waals surface area contributed by atoms with Gasteiger partial charge in [0.25, 0.3) is 0 Å². The fraction of sp³-hybridized carbons (Fsp3) is 0.538. The Morgan fingerprint density at radius 3 is 2.74 bits per heavy atom. The molecule has 0 aliphatic carbocycles. The Labute approximate surface area is 115 Å². The van der Waals surface area contributed by atoms with Crippen LogP contribution in [0, 0.1) is 0 Å². The van der Waals surface area contributed by atoms with E-state index in [4.69, 9.17) is 4.74 Å². The van der Waals surface area contributed by atoms with Gasteiger partial charge in [-0.1, -0.05) is 19.1 Å². The average Bonchev–Trinajstić information content (AvgIpc) is 2.35. The highest BCUT2D eigenvalue weighted by Crippen LogP contribution is 2.13. The lowest BCUT2D eigenvalue weighted by atomic mass is 10.2. The van der Waals surface area contributed by atoms with E-state index in [9.17, 15) is 8.42 Å². The lowest BCUT2D eigenvalue weighted by Crippen LogP contribution is -2.27. The first-order chi connectivity index (χ1) is 9.07. The summed E-state index contributed by atoms with van der Waals surface area (Å²) in [5.41, 5.74) is 1.51. The Morgan fingerprint density at radius 2 is 2.05 bits per heavy atom. The van der Waals surface area contributed by atoms with E-state index in [2.05, 4.69) is 10.0 Å². The Morgan fingerprint density at radius 1 is 1.26 bits per heavy atom. The molecule has 0 atom stereocenters. The van der Waals surface area contributed by atoms with Crippen molar-refractivity contribution < 1.29 is 13.2 Å². The van der Waals surface area contributed by atoms with Crippen molar-refractivity contribution in [1.29, 1.82) is 0 Å². The Balaban J connectivity index is 2.54. The molecule has 0 unspecified atom stereocenters. The molecule has 1 aromatic carbocycles. The van der Waals surface area contributed by atoms with Crippen molar-refractivity contribution in [1.82, 2.24) is 5.32 Å². The first kappa shape index (κ1) is 15.9. The number of hydrogen-bond donors (Lipinski definition) is 2. The van der Waals surface area contributed by atoms with E-state index in [0.29, 0.717) is 18.8 Å². The molecule has 0 saturated heterocycles. The van der Waals surface area contributed by atoms with Gasteiger partial charge in [-0.05, 0) is 30.7 Å². The molecular weight excluding hydrogens is 264 g/mol. The SMILES string of the molecule is CCCNCCS(=O)(=O)Nc1cccc(COC)c1. The molecule has 108 valence electrons. The topological polar surface area (TPSA) is 67.4 Å². The van der Waals surface area contributed by atoms with Crippen molar-refractivity contribution in [2.45, 2.75) is 20.0 Å². The second kappa shape index (κ2) is 8.14. The van der Waals surface area contributed by atoms with Gasteiger partial charge in [-0.15, -0.1) is 0 Å². The quantitative estimate of drug-likeness (QED) is 0.676. The minimum absolute atomic E-state index is 0.0709. The lowest BCUT2D eigenvalue weighted by molar-refractivity contribution is 0.185. The number of nitrogens with one attached hydrogen (secondary N) is 2. The highest BCUT2D eigenvalue weighted by molar-refractivity contribution is 7.92. The smallest absolute Gasteiger partial charge is 0.233 e. The van der Waals surface area contributed by atoms with Gasteiger partial charge in [-0.25, -0.2) is 8.42 Å². The summed E-state index contributed by atoms with van der Waals surface area (Å²) in [5.74, 6) is 0.0709. The molecule has 0 saturated carbocycles. The number of anilines is 1. The minimum Gasteiger partial charge on any atom is -0.380 e. The largest absolute Gasteiger partial charge is 0.380 e. The molecule has 6 heteroatoms. The molecule has 0 radical (unpaired) electrons. The van der Waals surface area contributed by atoms with Crippen molar-refractivity contribution in [3.8, 4) is 0 Å². The standard InChI is InChI=1S/C13H22N2O3S/c1-3-7-14-8-9-19(16,17)15-13-6-4-5-12(10-13)11-18-2/h4-6,10,14-15H,3,7-9,11H2,1-2H3. The molecule has 19 heavy (non-hydrogen) atoms. The monoisotopic (exact) mass is 286 g/mol. The third-order valence-corrected chi connectivity index (χ3v) is 3.77. The highest BCUT2D eigenvalue weighted by atomic mass is 32.2. The maximum Gasteiger partial charge on any atom is 0.233 e. The molecule has 2 N–H and O–H groups in total. The minimum atomic E-state index is -3.30. The Bertz CT molecular complexity index is 475. The van der Waals surface area contributed by atoms with Crippen LogP contribution in [0.3, 0.4) is 0 Å². The zero-order chi connectivity index (χ0) is 14.1. The molecule has 0 amide bonds. The van der Waals surface area contributed by atoms with Crippen molar-refractivity contribution in [3.05, 3.63) is 29.8 Å². The summed E-state index contributed by atoms with van der Waals surface area (Å²) >= 11 is 0. The van der Waals surface area contributed by atoms with Crippen molar-refractivity contribution >= 4 is 15.7 Å². The van der Waals surface area contributed by atoms with E-state index in [1.54, 1.807) is 19.2 Å². The number of ether oxygens (including phenoxy) is 1. The zero-order valence-electron chi connectivity index (χ0n) is 11.5. The van der Waals surface area contributed by atoms with E-state index < -0.39 is 10.0 Å². The van der Waals surface area contributed by atoms with Crippen molar-refractivity contribution in [2.24, 2.45) is 0 Å². The van der Waals surface area contributed by atoms with Crippen LogP contribution in [0.5, 0.6) is 0 Å². The van der Waals surface area contributed by atoms with Crippen molar-refractivity contribution in [3.63, 3.8) is 0 Å². The van der Waals surface area contributed by atoms with Crippen LogP contribution in [0.25, 0.3) is 0 Å². The first-order valence-corrected chi connectivity index (χ1v) is 8.01. The number of hydrogen-bond acceptors (Lipinski definition) is 4. The summed E-state index contributed by atoms with van der Waals surface area (Å²) in [7, 11) is -1.69. The Hall–Kier alpha value is -1.11. The number of sulfonamides is 1. The van der Waals surface area contributed by atoms with Gasteiger partial charge in [0.2, 0.25) is 10.0 Å². The third-order valence-electron chi connectivity index (χ3n) is 2.49. The van der Waals surface area contributed by atoms with Gasteiger partial charge in [0.05, 0.1) is 12.4 Å². The Kier molecular flexibility index (Phi) is 6.83. The molecule has 1 aromatic rings. The van der Waals surface area contributed by atoms with Gasteiger partial charge in [-0.3, -0.25) is 4.72 Å². The van der Waals surface area contributed by atoms with Crippen LogP contribution in [0.15, 0.2) is 24.3 Å². The summed E-state index contributed by atoms with van der Waals surface area (Å²) in [4.78, 5) is 0. The molecule has 1 rings (SSSR count). The second-order valence-electron chi connectivity index (χ2n) is 4.30. The summed E-state index contributed by atoms with van der Waals surface area (Å²) in [6.45, 7) is 3.80. The second-order valence-corrected chi connectivity index (χ2v) is 6.15. The van der Waals surface area contributed by atoms with E-state index >= 15 is 0 Å². The van der Waals surface area contributed by atoms with Crippen LogP contribution < -0.4 is 10.0 Å². The van der Waals surface area contributed by atoms with E-state index in [0.717, 1.165) is 18.5 Å². The van der Waals surface area contributed by atoms with E-state index in [1.165, 1.54) is 0 Å². The van der Waals surface area contributed by atoms with Crippen LogP contribution in [-0.2, 0) is 21.4 Å². The van der Waals surface area contributed by atoms with Crippen LogP contribution in [0.4, 0.5) is 5.69 Å². The zero-order valence-corrected chi connectivity index (χ0v) is 12.3. The summed E-state index contributed by atoms with van der Waals surface area (Å²) in [6, 6.07) is 7.21. The van der Waals surface area contributed by atoms with E-state index in [-0.39, 0.29) is 5.75 Å². The van der Waals surface area contributed by atoms with Gasteiger partial charge in [-0.2, -0.15) is 0 Å². The lowest BCUT2D eigenvalue weighted by Gasteiger charge is -2.09. The molecule has 0 bridgehead atoms. The molecule has 0 spiro atoms. The molecule has 0 aliphatic rings. The van der Waals surface area contributed by atoms with Gasteiger partial charge in [0.15, 0.2) is 0 Å². The van der Waals surface area contributed by atoms with Crippen LogP contribution in [0.2, 0.25) is 0 Å². The third kappa shape index (κ3) is 6.56. The molecule has 0 aliphatic heterocycles. The van der Waals surface area contributed by atoms with Crippen LogP contribution in [-0.4, -0.2) is 34.4 Å². The normalized spacial score (nSPS) is 11.5. The number of methoxy groups -OCH3 is 1. The predicted molar refractivity (Wildman–Crippen MR) is 77.7 cm³/mol. The van der Waals surface area contributed by atoms with Gasteiger partial charge < -0.3 is 10.1 Å². The fourth-order valence-electron chi connectivity index (χ4n) is 1.63. The highest BCUT2D eigenvalue weighted by Gasteiger charge is 2.09. The van der Waals surface area contributed by atoms with Crippen molar-refractivity contribution in [2.75, 3.05) is 30.7 Å².